The number of rotatable bonds is 2. The number of hydrogen-bond donors (Lipinski definition) is 0. The molecule has 0 heterocycles. The zero-order chi connectivity index (χ0) is 7.40. The second kappa shape index (κ2) is 3.78. The van der Waals surface area contributed by atoms with E-state index < -0.39 is 9.85 Å². The van der Waals surface area contributed by atoms with Crippen molar-refractivity contribution < 1.29 is 4.11 Å². The lowest BCUT2D eigenvalue weighted by Crippen LogP contribution is -2.07. The van der Waals surface area contributed by atoms with Crippen molar-refractivity contribution in [3.8, 4) is 0 Å². The van der Waals surface area contributed by atoms with Gasteiger partial charge in [-0.15, -0.1) is 11.8 Å². The summed E-state index contributed by atoms with van der Waals surface area (Å²) in [7, 11) is -0.581. The molecule has 0 aliphatic heterocycles. The highest BCUT2D eigenvalue weighted by molar-refractivity contribution is 7.98. The van der Waals surface area contributed by atoms with Gasteiger partial charge in [0.1, 0.15) is 0 Å². The highest BCUT2D eigenvalue weighted by Crippen LogP contribution is 2.10. The average Bonchev–Trinajstić information content (AvgIpc) is 2.05. The molecular weight excluding hydrogens is 163 g/mol. The van der Waals surface area contributed by atoms with Crippen LogP contribution in [0.4, 0.5) is 4.11 Å². The van der Waals surface area contributed by atoms with Gasteiger partial charge in [-0.05, 0) is 23.6 Å². The highest BCUT2D eigenvalue weighted by Gasteiger charge is 1.93. The second-order valence-corrected chi connectivity index (χ2v) is 3.47. The predicted molar refractivity (Wildman–Crippen MR) is 44.7 cm³/mol. The fourth-order valence-electron chi connectivity index (χ4n) is 0.654. The third kappa shape index (κ3) is 1.85. The van der Waals surface area contributed by atoms with Crippen LogP contribution < -0.4 is 5.19 Å². The first-order valence-electron chi connectivity index (χ1n) is 2.87. The summed E-state index contributed by atoms with van der Waals surface area (Å²) in [6.45, 7) is 0. The van der Waals surface area contributed by atoms with Crippen LogP contribution in [0.5, 0.6) is 0 Å². The van der Waals surface area contributed by atoms with Crippen LogP contribution >= 0.6 is 11.8 Å². The van der Waals surface area contributed by atoms with E-state index in [4.69, 9.17) is 0 Å². The van der Waals surface area contributed by atoms with E-state index >= 15 is 0 Å². The van der Waals surface area contributed by atoms with Gasteiger partial charge in [-0.1, -0.05) is 12.1 Å². The van der Waals surface area contributed by atoms with Gasteiger partial charge in [0.2, 0.25) is 0 Å². The molecule has 1 rings (SSSR count). The molecule has 0 saturated heterocycles. The summed E-state index contributed by atoms with van der Waals surface area (Å²) in [5.41, 5.74) is 0. The SMILES string of the molecule is CSc1ccc([Si]F)cc1. The van der Waals surface area contributed by atoms with Crippen molar-refractivity contribution in [2.75, 3.05) is 6.26 Å². The Bertz CT molecular complexity index is 174. The summed E-state index contributed by atoms with van der Waals surface area (Å²) in [6.07, 6.45) is 2.01. The lowest BCUT2D eigenvalue weighted by Gasteiger charge is -1.94. The van der Waals surface area contributed by atoms with Gasteiger partial charge < -0.3 is 4.11 Å². The first-order chi connectivity index (χ1) is 4.86. The molecule has 2 radical (unpaired) electrons. The molecule has 0 atom stereocenters. The van der Waals surface area contributed by atoms with Gasteiger partial charge in [0.05, 0.1) is 0 Å². The van der Waals surface area contributed by atoms with Gasteiger partial charge in [0, 0.05) is 4.90 Å². The smallest absolute Gasteiger partial charge is 0.308 e. The molecule has 1 aromatic rings. The predicted octanol–water partition coefficient (Wildman–Crippen LogP) is 1.62. The van der Waals surface area contributed by atoms with Crippen LogP contribution in [0.1, 0.15) is 0 Å². The minimum Gasteiger partial charge on any atom is -0.308 e. The van der Waals surface area contributed by atoms with Gasteiger partial charge in [-0.25, -0.2) is 0 Å². The van der Waals surface area contributed by atoms with Crippen molar-refractivity contribution in [3.05, 3.63) is 24.3 Å². The Hall–Kier alpha value is -0.283. The molecule has 1 aromatic carbocycles. The quantitative estimate of drug-likeness (QED) is 0.369. The molecule has 0 aliphatic rings. The number of halogens is 1. The third-order valence-corrected chi connectivity index (χ3v) is 2.49. The van der Waals surface area contributed by atoms with Crippen LogP contribution in [0.25, 0.3) is 0 Å². The summed E-state index contributed by atoms with van der Waals surface area (Å²) in [6, 6.07) is 7.52. The van der Waals surface area contributed by atoms with Crippen molar-refractivity contribution >= 4 is 26.8 Å². The maximum Gasteiger partial charge on any atom is 0.333 e. The summed E-state index contributed by atoms with van der Waals surface area (Å²) in [5, 5.41) is 0.776. The monoisotopic (exact) mass is 170 g/mol. The Balaban J connectivity index is 2.80. The summed E-state index contributed by atoms with van der Waals surface area (Å²) in [5.74, 6) is 0. The average molecular weight is 170 g/mol. The molecule has 0 saturated carbocycles. The van der Waals surface area contributed by atoms with Crippen LogP contribution in [-0.2, 0) is 0 Å². The second-order valence-electron chi connectivity index (χ2n) is 1.82. The zero-order valence-corrected chi connectivity index (χ0v) is 7.41. The summed E-state index contributed by atoms with van der Waals surface area (Å²) < 4.78 is 12.0. The molecule has 0 amide bonds. The lowest BCUT2D eigenvalue weighted by molar-refractivity contribution is 0.884. The molecule has 0 fully saturated rings. The minimum atomic E-state index is -0.581. The molecule has 10 heavy (non-hydrogen) atoms. The van der Waals surface area contributed by atoms with Gasteiger partial charge in [-0.3, -0.25) is 0 Å². The normalized spacial score (nSPS) is 9.80. The first-order valence-corrected chi connectivity index (χ1v) is 4.98. The molecule has 0 unspecified atom stereocenters. The molecule has 0 spiro atoms. The Morgan fingerprint density at radius 2 is 1.90 bits per heavy atom. The van der Waals surface area contributed by atoms with Crippen molar-refractivity contribution in [1.82, 2.24) is 0 Å². The van der Waals surface area contributed by atoms with Crippen LogP contribution in [0, 0.1) is 0 Å². The highest BCUT2D eigenvalue weighted by atomic mass is 32.2. The zero-order valence-electron chi connectivity index (χ0n) is 5.60. The van der Waals surface area contributed by atoms with Crippen LogP contribution in [0.3, 0.4) is 0 Å². The van der Waals surface area contributed by atoms with Crippen molar-refractivity contribution in [3.63, 3.8) is 0 Å². The van der Waals surface area contributed by atoms with E-state index in [1.165, 1.54) is 4.90 Å². The molecule has 0 nitrogen and oxygen atoms in total. The third-order valence-electron chi connectivity index (χ3n) is 1.20. The fourth-order valence-corrected chi connectivity index (χ4v) is 1.35. The summed E-state index contributed by atoms with van der Waals surface area (Å²) in [4.78, 5) is 1.18. The molecule has 0 bridgehead atoms. The number of hydrogen-bond acceptors (Lipinski definition) is 1. The largest absolute Gasteiger partial charge is 0.333 e. The van der Waals surface area contributed by atoms with Gasteiger partial charge in [0.15, 0.2) is 0 Å². The Morgan fingerprint density at radius 1 is 1.30 bits per heavy atom. The van der Waals surface area contributed by atoms with Crippen LogP contribution in [-0.4, -0.2) is 16.1 Å². The van der Waals surface area contributed by atoms with Gasteiger partial charge >= 0.3 is 9.85 Å². The lowest BCUT2D eigenvalue weighted by atomic mass is 10.4. The molecule has 0 aromatic heterocycles. The Morgan fingerprint density at radius 3 is 2.30 bits per heavy atom. The number of benzene rings is 1. The number of thioether (sulfide) groups is 1. The van der Waals surface area contributed by atoms with E-state index in [0.717, 1.165) is 5.19 Å². The van der Waals surface area contributed by atoms with Gasteiger partial charge in [-0.2, -0.15) is 0 Å². The van der Waals surface area contributed by atoms with Crippen molar-refractivity contribution in [1.29, 1.82) is 0 Å². The standard InChI is InChI=1S/C7H7FSSi/c1-9-6-2-4-7(10-8)5-3-6/h2-5H,1H3. The fraction of sp³-hybridized carbons (Fsp3) is 0.143. The summed E-state index contributed by atoms with van der Waals surface area (Å²) >= 11 is 1.67. The van der Waals surface area contributed by atoms with Crippen LogP contribution in [0.2, 0.25) is 0 Å². The molecule has 0 aliphatic carbocycles. The van der Waals surface area contributed by atoms with E-state index in [0.29, 0.717) is 0 Å². The molecular formula is C7H7FSSi. The van der Waals surface area contributed by atoms with E-state index in [9.17, 15) is 4.11 Å². The maximum absolute atomic E-state index is 12.0. The minimum absolute atomic E-state index is 0.581. The Kier molecular flexibility index (Phi) is 2.96. The van der Waals surface area contributed by atoms with Gasteiger partial charge in [0.25, 0.3) is 0 Å². The van der Waals surface area contributed by atoms with Crippen molar-refractivity contribution in [2.24, 2.45) is 0 Å². The van der Waals surface area contributed by atoms with E-state index in [1.54, 1.807) is 11.8 Å². The van der Waals surface area contributed by atoms with Crippen LogP contribution in [0.15, 0.2) is 29.2 Å². The topological polar surface area (TPSA) is 0 Å². The first kappa shape index (κ1) is 7.82. The van der Waals surface area contributed by atoms with E-state index in [-0.39, 0.29) is 0 Å². The molecule has 0 N–H and O–H groups in total. The van der Waals surface area contributed by atoms with Crippen molar-refractivity contribution in [2.45, 2.75) is 4.90 Å². The Labute approximate surface area is 66.8 Å². The van der Waals surface area contributed by atoms with E-state index in [1.807, 2.05) is 30.5 Å². The molecule has 3 heteroatoms. The molecule has 52 valence electrons. The maximum atomic E-state index is 12.0. The van der Waals surface area contributed by atoms with E-state index in [2.05, 4.69) is 0 Å².